The quantitative estimate of drug-likeness (QED) is 0.848. The van der Waals surface area contributed by atoms with E-state index in [-0.39, 0.29) is 6.04 Å². The van der Waals surface area contributed by atoms with Gasteiger partial charge in [-0.05, 0) is 31.0 Å². The summed E-state index contributed by atoms with van der Waals surface area (Å²) in [4.78, 5) is 0. The summed E-state index contributed by atoms with van der Waals surface area (Å²) < 4.78 is 37.9. The number of aryl methyl sites for hydroxylation is 1. The zero-order valence-electron chi connectivity index (χ0n) is 12.0. The van der Waals surface area contributed by atoms with E-state index >= 15 is 0 Å². The molecule has 21 heavy (non-hydrogen) atoms. The third-order valence-electron chi connectivity index (χ3n) is 3.44. The molecule has 0 radical (unpaired) electrons. The molecule has 0 aliphatic carbocycles. The number of rotatable bonds is 4. The van der Waals surface area contributed by atoms with Crippen molar-refractivity contribution in [1.82, 2.24) is 5.32 Å². The molecular formula is C17H18F3N. The maximum atomic E-state index is 12.6. The fourth-order valence-electron chi connectivity index (χ4n) is 2.10. The lowest BCUT2D eigenvalue weighted by molar-refractivity contribution is -0.137. The second-order valence-corrected chi connectivity index (χ2v) is 5.21. The van der Waals surface area contributed by atoms with E-state index in [1.54, 1.807) is 6.07 Å². The summed E-state index contributed by atoms with van der Waals surface area (Å²) in [5, 5.41) is 3.25. The molecule has 0 spiro atoms. The Hall–Kier alpha value is -1.81. The lowest BCUT2D eigenvalue weighted by atomic mass is 10.1. The first-order valence-corrected chi connectivity index (χ1v) is 6.82. The van der Waals surface area contributed by atoms with Crippen LogP contribution in [0.15, 0.2) is 48.5 Å². The van der Waals surface area contributed by atoms with Gasteiger partial charge in [-0.25, -0.2) is 0 Å². The molecule has 112 valence electrons. The van der Waals surface area contributed by atoms with Crippen LogP contribution in [0.4, 0.5) is 13.2 Å². The molecule has 0 amide bonds. The van der Waals surface area contributed by atoms with Gasteiger partial charge in [-0.15, -0.1) is 0 Å². The molecule has 0 saturated carbocycles. The second kappa shape index (κ2) is 6.31. The van der Waals surface area contributed by atoms with Gasteiger partial charge in [0.15, 0.2) is 0 Å². The molecule has 0 bridgehead atoms. The predicted molar refractivity (Wildman–Crippen MR) is 77.9 cm³/mol. The fraction of sp³-hybridized carbons (Fsp3) is 0.294. The van der Waals surface area contributed by atoms with Gasteiger partial charge >= 0.3 is 6.18 Å². The van der Waals surface area contributed by atoms with Crippen molar-refractivity contribution < 1.29 is 13.2 Å². The van der Waals surface area contributed by atoms with Crippen LogP contribution >= 0.6 is 0 Å². The van der Waals surface area contributed by atoms with Crippen molar-refractivity contribution in [3.8, 4) is 0 Å². The standard InChI is InChI=1S/C17H18F3N/c1-12-6-8-15(9-7-12)13(2)21-11-14-4-3-5-16(10-14)17(18,19)20/h3-10,13,21H,11H2,1-2H3/t13-/m1/s1. The molecule has 4 heteroatoms. The zero-order chi connectivity index (χ0) is 15.5. The van der Waals surface area contributed by atoms with Gasteiger partial charge in [0.2, 0.25) is 0 Å². The molecule has 0 heterocycles. The van der Waals surface area contributed by atoms with E-state index in [1.165, 1.54) is 17.7 Å². The van der Waals surface area contributed by atoms with E-state index in [1.807, 2.05) is 38.1 Å². The first kappa shape index (κ1) is 15.6. The summed E-state index contributed by atoms with van der Waals surface area (Å²) >= 11 is 0. The van der Waals surface area contributed by atoms with Crippen molar-refractivity contribution in [2.24, 2.45) is 0 Å². The number of hydrogen-bond acceptors (Lipinski definition) is 1. The van der Waals surface area contributed by atoms with Crippen molar-refractivity contribution >= 4 is 0 Å². The first-order valence-electron chi connectivity index (χ1n) is 6.82. The Morgan fingerprint density at radius 1 is 1.05 bits per heavy atom. The minimum atomic E-state index is -4.29. The number of nitrogens with one attached hydrogen (secondary N) is 1. The zero-order valence-corrected chi connectivity index (χ0v) is 12.0. The maximum Gasteiger partial charge on any atom is 0.416 e. The average molecular weight is 293 g/mol. The molecule has 2 aromatic rings. The molecule has 0 fully saturated rings. The van der Waals surface area contributed by atoms with Crippen molar-refractivity contribution in [1.29, 1.82) is 0 Å². The normalized spacial score (nSPS) is 13.2. The van der Waals surface area contributed by atoms with Crippen LogP contribution in [0.3, 0.4) is 0 Å². The van der Waals surface area contributed by atoms with Crippen LogP contribution in [-0.2, 0) is 12.7 Å². The monoisotopic (exact) mass is 293 g/mol. The van der Waals surface area contributed by atoms with Crippen molar-refractivity contribution in [3.63, 3.8) is 0 Å². The van der Waals surface area contributed by atoms with E-state index in [2.05, 4.69) is 5.32 Å². The van der Waals surface area contributed by atoms with Crippen LogP contribution in [-0.4, -0.2) is 0 Å². The first-order chi connectivity index (χ1) is 9.86. The minimum absolute atomic E-state index is 0.0835. The number of benzene rings is 2. The van der Waals surface area contributed by atoms with Gasteiger partial charge in [-0.2, -0.15) is 13.2 Å². The van der Waals surface area contributed by atoms with Crippen LogP contribution in [0.2, 0.25) is 0 Å². The molecule has 1 atom stereocenters. The van der Waals surface area contributed by atoms with Gasteiger partial charge in [0.1, 0.15) is 0 Å². The topological polar surface area (TPSA) is 12.0 Å². The van der Waals surface area contributed by atoms with E-state index in [9.17, 15) is 13.2 Å². The average Bonchev–Trinajstić information content (AvgIpc) is 2.45. The largest absolute Gasteiger partial charge is 0.416 e. The number of alkyl halides is 3. The summed E-state index contributed by atoms with van der Waals surface area (Å²) in [5.41, 5.74) is 2.32. The number of hydrogen-bond donors (Lipinski definition) is 1. The molecule has 0 aliphatic heterocycles. The van der Waals surface area contributed by atoms with Crippen LogP contribution in [0.5, 0.6) is 0 Å². The summed E-state index contributed by atoms with van der Waals surface area (Å²) in [6.45, 7) is 4.42. The Balaban J connectivity index is 2.01. The van der Waals surface area contributed by atoms with E-state index in [4.69, 9.17) is 0 Å². The highest BCUT2D eigenvalue weighted by Gasteiger charge is 2.30. The molecule has 2 rings (SSSR count). The van der Waals surface area contributed by atoms with Crippen LogP contribution in [0, 0.1) is 6.92 Å². The third kappa shape index (κ3) is 4.33. The van der Waals surface area contributed by atoms with E-state index in [0.29, 0.717) is 12.1 Å². The molecule has 0 aliphatic rings. The Bertz CT molecular complexity index is 588. The van der Waals surface area contributed by atoms with Crippen molar-refractivity contribution in [2.75, 3.05) is 0 Å². The third-order valence-corrected chi connectivity index (χ3v) is 3.44. The SMILES string of the molecule is Cc1ccc([C@@H](C)NCc2cccc(C(F)(F)F)c2)cc1. The second-order valence-electron chi connectivity index (χ2n) is 5.21. The van der Waals surface area contributed by atoms with Crippen molar-refractivity contribution in [2.45, 2.75) is 32.6 Å². The molecular weight excluding hydrogens is 275 g/mol. The summed E-state index contributed by atoms with van der Waals surface area (Å²) in [5.74, 6) is 0. The molecule has 1 N–H and O–H groups in total. The van der Waals surface area contributed by atoms with E-state index < -0.39 is 11.7 Å². The van der Waals surface area contributed by atoms with E-state index in [0.717, 1.165) is 11.6 Å². The lowest BCUT2D eigenvalue weighted by Gasteiger charge is -2.15. The smallest absolute Gasteiger partial charge is 0.306 e. The lowest BCUT2D eigenvalue weighted by Crippen LogP contribution is -2.18. The molecule has 1 nitrogen and oxygen atoms in total. The van der Waals surface area contributed by atoms with Gasteiger partial charge < -0.3 is 5.32 Å². The predicted octanol–water partition coefficient (Wildman–Crippen LogP) is 4.86. The highest BCUT2D eigenvalue weighted by Crippen LogP contribution is 2.29. The molecule has 0 aromatic heterocycles. The maximum absolute atomic E-state index is 12.6. The van der Waals surface area contributed by atoms with Crippen LogP contribution in [0.25, 0.3) is 0 Å². The molecule has 2 aromatic carbocycles. The Kier molecular flexibility index (Phi) is 4.68. The number of halogens is 3. The molecule has 0 unspecified atom stereocenters. The highest BCUT2D eigenvalue weighted by molar-refractivity contribution is 5.27. The summed E-state index contributed by atoms with van der Waals surface area (Å²) in [6.07, 6.45) is -4.29. The summed E-state index contributed by atoms with van der Waals surface area (Å²) in [7, 11) is 0. The van der Waals surface area contributed by atoms with Gasteiger partial charge in [-0.1, -0.05) is 48.0 Å². The van der Waals surface area contributed by atoms with Gasteiger partial charge in [-0.3, -0.25) is 0 Å². The summed E-state index contributed by atoms with van der Waals surface area (Å²) in [6, 6.07) is 13.6. The van der Waals surface area contributed by atoms with Gasteiger partial charge in [0.25, 0.3) is 0 Å². The Morgan fingerprint density at radius 3 is 2.33 bits per heavy atom. The minimum Gasteiger partial charge on any atom is -0.306 e. The highest BCUT2D eigenvalue weighted by atomic mass is 19.4. The Morgan fingerprint density at radius 2 is 1.71 bits per heavy atom. The van der Waals surface area contributed by atoms with Crippen molar-refractivity contribution in [3.05, 3.63) is 70.8 Å². The fourth-order valence-corrected chi connectivity index (χ4v) is 2.10. The molecule has 0 saturated heterocycles. The van der Waals surface area contributed by atoms with Crippen LogP contribution in [0.1, 0.15) is 35.2 Å². The van der Waals surface area contributed by atoms with Gasteiger partial charge in [0.05, 0.1) is 5.56 Å². The van der Waals surface area contributed by atoms with Crippen LogP contribution < -0.4 is 5.32 Å². The Labute approximate surface area is 122 Å². The van der Waals surface area contributed by atoms with Gasteiger partial charge in [0, 0.05) is 12.6 Å².